The maximum absolute atomic E-state index is 13.1. The van der Waals surface area contributed by atoms with Crippen LogP contribution < -0.4 is 10.1 Å². The molecule has 0 unspecified atom stereocenters. The van der Waals surface area contributed by atoms with E-state index >= 15 is 0 Å². The van der Waals surface area contributed by atoms with Crippen LogP contribution in [0, 0.1) is 0 Å². The van der Waals surface area contributed by atoms with E-state index in [0.29, 0.717) is 22.5 Å². The van der Waals surface area contributed by atoms with Crippen LogP contribution in [0.25, 0.3) is 22.2 Å². The number of anilines is 1. The summed E-state index contributed by atoms with van der Waals surface area (Å²) in [6, 6.07) is 23.4. The summed E-state index contributed by atoms with van der Waals surface area (Å²) in [6.07, 6.45) is 0. The Morgan fingerprint density at radius 2 is 1.58 bits per heavy atom. The number of amides is 1. The van der Waals surface area contributed by atoms with Crippen LogP contribution in [0.15, 0.2) is 78.9 Å². The van der Waals surface area contributed by atoms with Crippen LogP contribution >= 0.6 is 0 Å². The van der Waals surface area contributed by atoms with Gasteiger partial charge in [0.15, 0.2) is 0 Å². The van der Waals surface area contributed by atoms with Gasteiger partial charge in [-0.3, -0.25) is 4.79 Å². The fourth-order valence-corrected chi connectivity index (χ4v) is 3.28. The lowest BCUT2D eigenvalue weighted by Crippen LogP contribution is -2.13. The minimum absolute atomic E-state index is 0.265. The molecule has 3 aromatic carbocycles. The molecule has 0 saturated heterocycles. The molecule has 0 spiro atoms. The van der Waals surface area contributed by atoms with Crippen molar-refractivity contribution in [3.05, 3.63) is 90.0 Å². The van der Waals surface area contributed by atoms with E-state index in [2.05, 4.69) is 5.32 Å². The Morgan fingerprint density at radius 3 is 2.26 bits per heavy atom. The molecule has 1 N–H and O–H groups in total. The number of nitrogens with zero attached hydrogens (tertiary/aromatic N) is 1. The van der Waals surface area contributed by atoms with Crippen LogP contribution in [0.4, 0.5) is 5.69 Å². The summed E-state index contributed by atoms with van der Waals surface area (Å²) in [5.41, 5.74) is 3.78. The van der Waals surface area contributed by atoms with Gasteiger partial charge < -0.3 is 14.8 Å². The molecule has 0 fully saturated rings. The second-order valence-corrected chi connectivity index (χ2v) is 6.82. The van der Waals surface area contributed by atoms with Crippen molar-refractivity contribution in [2.24, 2.45) is 0 Å². The zero-order valence-corrected chi connectivity index (χ0v) is 17.1. The molecule has 154 valence electrons. The highest BCUT2D eigenvalue weighted by Gasteiger charge is 2.15. The van der Waals surface area contributed by atoms with Gasteiger partial charge in [0, 0.05) is 16.6 Å². The summed E-state index contributed by atoms with van der Waals surface area (Å²) in [4.78, 5) is 29.5. The molecular formula is C25H20N2O4. The van der Waals surface area contributed by atoms with E-state index in [9.17, 15) is 9.59 Å². The summed E-state index contributed by atoms with van der Waals surface area (Å²) >= 11 is 0. The minimum atomic E-state index is -0.429. The Hall–Kier alpha value is -4.19. The predicted molar refractivity (Wildman–Crippen MR) is 119 cm³/mol. The van der Waals surface area contributed by atoms with Crippen molar-refractivity contribution in [3.63, 3.8) is 0 Å². The van der Waals surface area contributed by atoms with Crippen LogP contribution in [0.5, 0.6) is 5.75 Å². The number of carbonyl (C=O) groups is 2. The number of benzene rings is 3. The molecule has 0 radical (unpaired) electrons. The summed E-state index contributed by atoms with van der Waals surface area (Å²) in [6.45, 7) is 0. The molecule has 31 heavy (non-hydrogen) atoms. The quantitative estimate of drug-likeness (QED) is 0.469. The number of pyridine rings is 1. The van der Waals surface area contributed by atoms with E-state index in [4.69, 9.17) is 14.5 Å². The molecule has 1 amide bonds. The van der Waals surface area contributed by atoms with Gasteiger partial charge >= 0.3 is 5.97 Å². The smallest absolute Gasteiger partial charge is 0.337 e. The van der Waals surface area contributed by atoms with E-state index in [0.717, 1.165) is 22.2 Å². The third-order valence-electron chi connectivity index (χ3n) is 4.91. The van der Waals surface area contributed by atoms with Gasteiger partial charge in [0.05, 0.1) is 36.6 Å². The number of esters is 1. The largest absolute Gasteiger partial charge is 0.497 e. The van der Waals surface area contributed by atoms with E-state index in [-0.39, 0.29) is 5.91 Å². The van der Waals surface area contributed by atoms with Gasteiger partial charge in [0.2, 0.25) is 0 Å². The number of para-hydroxylation sites is 1. The lowest BCUT2D eigenvalue weighted by atomic mass is 10.0. The topological polar surface area (TPSA) is 77.5 Å². The monoisotopic (exact) mass is 412 g/mol. The SMILES string of the molecule is COC(=O)c1ccc(NC(=O)c2cc(-c3ccc(OC)cc3)nc3ccccc23)cc1. The number of carbonyl (C=O) groups excluding carboxylic acids is 2. The molecular weight excluding hydrogens is 392 g/mol. The lowest BCUT2D eigenvalue weighted by Gasteiger charge is -2.11. The molecule has 0 aliphatic carbocycles. The van der Waals surface area contributed by atoms with Crippen molar-refractivity contribution in [1.29, 1.82) is 0 Å². The fourth-order valence-electron chi connectivity index (χ4n) is 3.28. The molecule has 4 aromatic rings. The first kappa shape index (κ1) is 20.1. The van der Waals surface area contributed by atoms with Crippen molar-refractivity contribution in [2.75, 3.05) is 19.5 Å². The van der Waals surface area contributed by atoms with Crippen LogP contribution in [0.1, 0.15) is 20.7 Å². The molecule has 4 rings (SSSR count). The van der Waals surface area contributed by atoms with Crippen molar-refractivity contribution in [1.82, 2.24) is 4.98 Å². The van der Waals surface area contributed by atoms with Crippen LogP contribution in [-0.2, 0) is 4.74 Å². The number of methoxy groups -OCH3 is 2. The first-order valence-corrected chi connectivity index (χ1v) is 9.63. The first-order chi connectivity index (χ1) is 15.1. The second-order valence-electron chi connectivity index (χ2n) is 6.82. The molecule has 6 nitrogen and oxygen atoms in total. The number of nitrogens with one attached hydrogen (secondary N) is 1. The van der Waals surface area contributed by atoms with E-state index in [1.807, 2.05) is 48.5 Å². The maximum atomic E-state index is 13.1. The molecule has 0 bridgehead atoms. The molecule has 6 heteroatoms. The third kappa shape index (κ3) is 4.23. The van der Waals surface area contributed by atoms with Crippen molar-refractivity contribution in [2.45, 2.75) is 0 Å². The lowest BCUT2D eigenvalue weighted by molar-refractivity contribution is 0.0600. The standard InChI is InChI=1S/C25H20N2O4/c1-30-19-13-9-16(10-14-19)23-15-21(20-5-3-4-6-22(20)27-23)24(28)26-18-11-7-17(8-12-18)25(29)31-2/h3-15H,1-2H3,(H,26,28). The normalized spacial score (nSPS) is 10.5. The first-order valence-electron chi connectivity index (χ1n) is 9.63. The predicted octanol–water partition coefficient (Wildman–Crippen LogP) is 4.95. The Labute approximate surface area is 179 Å². The van der Waals surface area contributed by atoms with Gasteiger partial charge in [-0.25, -0.2) is 9.78 Å². The highest BCUT2D eigenvalue weighted by molar-refractivity contribution is 6.13. The molecule has 0 aliphatic rings. The Balaban J connectivity index is 1.69. The summed E-state index contributed by atoms with van der Waals surface area (Å²) < 4.78 is 9.92. The average Bonchev–Trinajstić information content (AvgIpc) is 2.83. The zero-order valence-electron chi connectivity index (χ0n) is 17.1. The van der Waals surface area contributed by atoms with Gasteiger partial charge in [-0.15, -0.1) is 0 Å². The van der Waals surface area contributed by atoms with Crippen molar-refractivity contribution >= 4 is 28.5 Å². The number of rotatable bonds is 5. The highest BCUT2D eigenvalue weighted by atomic mass is 16.5. The van der Waals surface area contributed by atoms with E-state index in [1.165, 1.54) is 7.11 Å². The Morgan fingerprint density at radius 1 is 0.871 bits per heavy atom. The number of hydrogen-bond acceptors (Lipinski definition) is 5. The van der Waals surface area contributed by atoms with Crippen molar-refractivity contribution in [3.8, 4) is 17.0 Å². The minimum Gasteiger partial charge on any atom is -0.497 e. The van der Waals surface area contributed by atoms with Gasteiger partial charge in [0.1, 0.15) is 5.75 Å². The molecule has 0 aliphatic heterocycles. The number of ether oxygens (including phenoxy) is 2. The third-order valence-corrected chi connectivity index (χ3v) is 4.91. The van der Waals surface area contributed by atoms with E-state index in [1.54, 1.807) is 37.4 Å². The zero-order chi connectivity index (χ0) is 21.8. The van der Waals surface area contributed by atoms with Gasteiger partial charge in [0.25, 0.3) is 5.91 Å². The van der Waals surface area contributed by atoms with Crippen LogP contribution in [-0.4, -0.2) is 31.1 Å². The second kappa shape index (κ2) is 8.67. The number of fused-ring (bicyclic) bond motifs is 1. The Bertz CT molecular complexity index is 1250. The average molecular weight is 412 g/mol. The summed E-state index contributed by atoms with van der Waals surface area (Å²) in [5, 5.41) is 3.65. The summed E-state index contributed by atoms with van der Waals surface area (Å²) in [5.74, 6) is 0.0548. The van der Waals surface area contributed by atoms with Gasteiger partial charge in [-0.1, -0.05) is 18.2 Å². The van der Waals surface area contributed by atoms with Crippen LogP contribution in [0.3, 0.4) is 0 Å². The van der Waals surface area contributed by atoms with Gasteiger partial charge in [-0.2, -0.15) is 0 Å². The Kier molecular flexibility index (Phi) is 5.62. The van der Waals surface area contributed by atoms with Gasteiger partial charge in [-0.05, 0) is 60.7 Å². The molecule has 0 atom stereocenters. The number of hydrogen-bond donors (Lipinski definition) is 1. The molecule has 1 aromatic heterocycles. The van der Waals surface area contributed by atoms with Crippen molar-refractivity contribution < 1.29 is 19.1 Å². The van der Waals surface area contributed by atoms with E-state index < -0.39 is 5.97 Å². The molecule has 0 saturated carbocycles. The fraction of sp³-hybridized carbons (Fsp3) is 0.0800. The highest BCUT2D eigenvalue weighted by Crippen LogP contribution is 2.27. The maximum Gasteiger partial charge on any atom is 0.337 e. The molecule has 1 heterocycles. The number of aromatic nitrogens is 1. The summed E-state index contributed by atoms with van der Waals surface area (Å²) in [7, 11) is 2.94. The van der Waals surface area contributed by atoms with Crippen LogP contribution in [0.2, 0.25) is 0 Å².